The van der Waals surface area contributed by atoms with Gasteiger partial charge in [0.05, 0.1) is 17.3 Å². The molecular formula is C38H50N8O2. The van der Waals surface area contributed by atoms with Crippen LogP contribution in [0.15, 0.2) is 48.7 Å². The molecule has 48 heavy (non-hydrogen) atoms. The molecular weight excluding hydrogens is 600 g/mol. The molecule has 3 aliphatic rings. The minimum Gasteiger partial charge on any atom is -0.381 e. The average Bonchev–Trinajstić information content (AvgIpc) is 3.51. The number of urea groups is 1. The van der Waals surface area contributed by atoms with Crippen molar-refractivity contribution in [3.63, 3.8) is 0 Å². The molecule has 0 radical (unpaired) electrons. The third-order valence-electron chi connectivity index (χ3n) is 10.5. The molecule has 2 amide bonds. The molecule has 0 bridgehead atoms. The van der Waals surface area contributed by atoms with Crippen molar-refractivity contribution in [2.45, 2.75) is 97.2 Å². The summed E-state index contributed by atoms with van der Waals surface area (Å²) in [7, 11) is 0. The molecule has 3 fully saturated rings. The molecule has 254 valence electrons. The Labute approximate surface area is 284 Å². The summed E-state index contributed by atoms with van der Waals surface area (Å²) >= 11 is 0. The van der Waals surface area contributed by atoms with Crippen molar-refractivity contribution in [1.29, 1.82) is 0 Å². The number of hydrogen-bond donors (Lipinski definition) is 4. The molecule has 0 spiro atoms. The quantitative estimate of drug-likeness (QED) is 0.170. The van der Waals surface area contributed by atoms with Gasteiger partial charge in [-0.3, -0.25) is 4.90 Å². The van der Waals surface area contributed by atoms with E-state index in [-0.39, 0.29) is 6.03 Å². The second kappa shape index (κ2) is 14.6. The van der Waals surface area contributed by atoms with Gasteiger partial charge in [0, 0.05) is 75.3 Å². The number of rotatable bonds is 11. The van der Waals surface area contributed by atoms with Gasteiger partial charge in [0.25, 0.3) is 0 Å². The van der Waals surface area contributed by atoms with E-state index in [1.807, 2.05) is 10.9 Å². The molecule has 5 heterocycles. The fourth-order valence-electron chi connectivity index (χ4n) is 7.62. The maximum atomic E-state index is 13.2. The number of likely N-dealkylation sites (tertiary alicyclic amines) is 1. The van der Waals surface area contributed by atoms with Crippen LogP contribution in [0.25, 0.3) is 22.2 Å². The van der Waals surface area contributed by atoms with E-state index in [2.05, 4.69) is 94.5 Å². The molecule has 2 atom stereocenters. The highest BCUT2D eigenvalue weighted by atomic mass is 16.5. The van der Waals surface area contributed by atoms with Gasteiger partial charge in [-0.15, -0.1) is 0 Å². The molecule has 7 rings (SSSR count). The number of fused-ring (bicyclic) bond motifs is 2. The highest BCUT2D eigenvalue weighted by Gasteiger charge is 2.37. The summed E-state index contributed by atoms with van der Waals surface area (Å²) in [6, 6.07) is 16.9. The zero-order valence-electron chi connectivity index (χ0n) is 28.6. The number of hydrogen-bond acceptors (Lipinski definition) is 7. The van der Waals surface area contributed by atoms with E-state index < -0.39 is 0 Å². The van der Waals surface area contributed by atoms with Crippen molar-refractivity contribution in [2.75, 3.05) is 31.6 Å². The van der Waals surface area contributed by atoms with Gasteiger partial charge in [-0.1, -0.05) is 37.3 Å². The number of anilines is 1. The van der Waals surface area contributed by atoms with Crippen LogP contribution in [0.4, 0.5) is 10.5 Å². The average molecular weight is 651 g/mol. The first-order chi connectivity index (χ1) is 23.5. The van der Waals surface area contributed by atoms with Gasteiger partial charge in [-0.2, -0.15) is 5.10 Å². The highest BCUT2D eigenvalue weighted by Crippen LogP contribution is 2.32. The Balaban J connectivity index is 1.02. The van der Waals surface area contributed by atoms with Crippen LogP contribution in [0.3, 0.4) is 0 Å². The summed E-state index contributed by atoms with van der Waals surface area (Å²) < 4.78 is 7.55. The first-order valence-corrected chi connectivity index (χ1v) is 17.9. The van der Waals surface area contributed by atoms with Crippen molar-refractivity contribution in [3.05, 3.63) is 76.6 Å². The van der Waals surface area contributed by atoms with Gasteiger partial charge in [-0.05, 0) is 92.4 Å². The van der Waals surface area contributed by atoms with Gasteiger partial charge in [0.1, 0.15) is 0 Å². The van der Waals surface area contributed by atoms with Crippen molar-refractivity contribution in [1.82, 2.24) is 35.6 Å². The summed E-state index contributed by atoms with van der Waals surface area (Å²) in [5, 5.41) is 19.2. The Morgan fingerprint density at radius 1 is 1.04 bits per heavy atom. The van der Waals surface area contributed by atoms with E-state index in [9.17, 15) is 4.79 Å². The summed E-state index contributed by atoms with van der Waals surface area (Å²) in [6.07, 6.45) is 7.11. The van der Waals surface area contributed by atoms with Crippen LogP contribution in [0.5, 0.6) is 0 Å². The molecule has 4 aromatic rings. The second-order valence-corrected chi connectivity index (χ2v) is 13.6. The van der Waals surface area contributed by atoms with Crippen LogP contribution in [-0.2, 0) is 37.3 Å². The lowest BCUT2D eigenvalue weighted by molar-refractivity contribution is 0.0493. The molecule has 10 nitrogen and oxygen atoms in total. The Bertz CT molecular complexity index is 1750. The summed E-state index contributed by atoms with van der Waals surface area (Å²) in [5.41, 5.74) is 10.00. The first kappa shape index (κ1) is 32.6. The minimum atomic E-state index is -0.201. The van der Waals surface area contributed by atoms with Gasteiger partial charge in [-0.25, -0.2) is 14.5 Å². The van der Waals surface area contributed by atoms with Crippen molar-refractivity contribution in [3.8, 4) is 11.1 Å². The van der Waals surface area contributed by atoms with Gasteiger partial charge >= 0.3 is 6.03 Å². The lowest BCUT2D eigenvalue weighted by atomic mass is 9.89. The number of carbonyl (C=O) groups excluding carboxylic acids is 1. The third-order valence-corrected chi connectivity index (χ3v) is 10.5. The summed E-state index contributed by atoms with van der Waals surface area (Å²) in [6.45, 7) is 12.7. The number of piperidine rings is 1. The molecule has 0 aliphatic carbocycles. The zero-order valence-corrected chi connectivity index (χ0v) is 28.6. The number of ether oxygens (including phenoxy) is 1. The number of benzene rings is 2. The molecule has 10 heteroatoms. The maximum absolute atomic E-state index is 13.2. The number of nitrogens with one attached hydrogen (secondary N) is 4. The van der Waals surface area contributed by atoms with Crippen LogP contribution in [-0.4, -0.2) is 70.1 Å². The Morgan fingerprint density at radius 2 is 1.90 bits per heavy atom. The Kier molecular flexibility index (Phi) is 9.93. The monoisotopic (exact) mass is 650 g/mol. The predicted molar refractivity (Wildman–Crippen MR) is 191 cm³/mol. The number of amides is 2. The topological polar surface area (TPSA) is 108 Å². The molecule has 2 aromatic heterocycles. The van der Waals surface area contributed by atoms with Crippen LogP contribution in [0.1, 0.15) is 67.5 Å². The van der Waals surface area contributed by atoms with E-state index in [4.69, 9.17) is 9.72 Å². The predicted octanol–water partition coefficient (Wildman–Crippen LogP) is 5.52. The second-order valence-electron chi connectivity index (χ2n) is 13.6. The smallest absolute Gasteiger partial charge is 0.315 e. The van der Waals surface area contributed by atoms with Crippen LogP contribution < -0.4 is 21.3 Å². The minimum absolute atomic E-state index is 0.201. The lowest BCUT2D eigenvalue weighted by Crippen LogP contribution is -2.66. The molecule has 1 unspecified atom stereocenters. The summed E-state index contributed by atoms with van der Waals surface area (Å²) in [4.78, 5) is 20.9. The zero-order chi connectivity index (χ0) is 33.0. The van der Waals surface area contributed by atoms with Crippen LogP contribution in [0.2, 0.25) is 0 Å². The SMILES string of the molecule is CCc1nc2c(cnn2CC)c(NC2CCOCC2)c1CNC(=O)NCc1ccc(C)c(-c2cccc(CN3CCCC4NC[C@H]43)c2)c1. The number of pyridine rings is 1. The molecule has 0 saturated carbocycles. The molecule has 2 aromatic carbocycles. The molecule has 4 N–H and O–H groups in total. The Hall–Kier alpha value is -3.99. The van der Waals surface area contributed by atoms with Crippen molar-refractivity contribution < 1.29 is 9.53 Å². The van der Waals surface area contributed by atoms with E-state index >= 15 is 0 Å². The Morgan fingerprint density at radius 3 is 2.69 bits per heavy atom. The van der Waals surface area contributed by atoms with Crippen molar-refractivity contribution in [2.24, 2.45) is 0 Å². The molecule has 3 saturated heterocycles. The van der Waals surface area contributed by atoms with Gasteiger partial charge in [0.2, 0.25) is 0 Å². The third kappa shape index (κ3) is 6.92. The van der Waals surface area contributed by atoms with E-state index in [0.717, 1.165) is 85.7 Å². The number of aromatic nitrogens is 3. The fraction of sp³-hybridized carbons (Fsp3) is 0.500. The van der Waals surface area contributed by atoms with E-state index in [1.165, 1.54) is 41.6 Å². The van der Waals surface area contributed by atoms with E-state index in [1.54, 1.807) is 0 Å². The van der Waals surface area contributed by atoms with Gasteiger partial charge < -0.3 is 26.0 Å². The highest BCUT2D eigenvalue weighted by molar-refractivity contribution is 5.92. The molecule has 3 aliphatic heterocycles. The normalized spacial score (nSPS) is 19.9. The van der Waals surface area contributed by atoms with E-state index in [0.29, 0.717) is 31.2 Å². The first-order valence-electron chi connectivity index (χ1n) is 17.9. The standard InChI is InChI=1S/C38H50N8O2/c1-4-33-31(36(43-29-13-16-48-17-14-29)32-22-42-46(5-2)37(32)44-33)21-41-38(47)40-20-26-12-11-25(3)30(19-26)28-9-6-8-27(18-28)24-45-15-7-10-34-35(45)23-39-34/h6,8-9,11-12,18-19,22,29,34-35,39H,4-5,7,10,13-17,20-21,23-24H2,1-3H3,(H,43,44)(H2,40,41,47)/t34?,35-/m1/s1. The fourth-order valence-corrected chi connectivity index (χ4v) is 7.62. The summed E-state index contributed by atoms with van der Waals surface area (Å²) in [5.74, 6) is 0. The van der Waals surface area contributed by atoms with Crippen molar-refractivity contribution >= 4 is 22.8 Å². The largest absolute Gasteiger partial charge is 0.381 e. The van der Waals surface area contributed by atoms with Crippen LogP contribution >= 0.6 is 0 Å². The number of carbonyl (C=O) groups is 1. The number of aryl methyl sites for hydroxylation is 3. The maximum Gasteiger partial charge on any atom is 0.315 e. The van der Waals surface area contributed by atoms with Crippen LogP contribution in [0, 0.1) is 6.92 Å². The van der Waals surface area contributed by atoms with Gasteiger partial charge in [0.15, 0.2) is 5.65 Å². The number of nitrogens with zero attached hydrogens (tertiary/aromatic N) is 4. The lowest BCUT2D eigenvalue weighted by Gasteiger charge is -2.49.